The average molecular weight is 457 g/mol. The predicted molar refractivity (Wildman–Crippen MR) is 143 cm³/mol. The van der Waals surface area contributed by atoms with Crippen LogP contribution in [0.3, 0.4) is 0 Å². The van der Waals surface area contributed by atoms with Crippen LogP contribution >= 0.6 is 22.7 Å². The van der Waals surface area contributed by atoms with Crippen LogP contribution in [0.15, 0.2) is 5.38 Å². The van der Waals surface area contributed by atoms with E-state index < -0.39 is 0 Å². The van der Waals surface area contributed by atoms with Crippen molar-refractivity contribution >= 4 is 22.7 Å². The summed E-state index contributed by atoms with van der Waals surface area (Å²) in [5.41, 5.74) is 5.95. The maximum atomic E-state index is 3.56. The Balaban J connectivity index is 1.95. The quantitative estimate of drug-likeness (QED) is 0.196. The minimum atomic E-state index is 1.19. The van der Waals surface area contributed by atoms with Gasteiger partial charge in [-0.2, -0.15) is 0 Å². The summed E-state index contributed by atoms with van der Waals surface area (Å²) < 4.78 is 0. The van der Waals surface area contributed by atoms with Crippen molar-refractivity contribution in [2.45, 2.75) is 125 Å². The molecule has 0 radical (unpaired) electrons. The lowest BCUT2D eigenvalue weighted by molar-refractivity contribution is 0.607. The van der Waals surface area contributed by atoms with Crippen LogP contribution in [-0.2, 0) is 12.8 Å². The van der Waals surface area contributed by atoms with Crippen molar-refractivity contribution in [1.29, 1.82) is 0 Å². The lowest BCUT2D eigenvalue weighted by atomic mass is 10.0. The molecule has 0 fully saturated rings. The van der Waals surface area contributed by atoms with Crippen LogP contribution in [0.4, 0.5) is 0 Å². The second-order valence-electron chi connectivity index (χ2n) is 9.10. The van der Waals surface area contributed by atoms with Gasteiger partial charge in [0.05, 0.1) is 9.75 Å². The van der Waals surface area contributed by atoms with Crippen molar-refractivity contribution in [2.24, 2.45) is 0 Å². The van der Waals surface area contributed by atoms with E-state index in [1.54, 1.807) is 5.56 Å². The largest absolute Gasteiger partial charge is 0.135 e. The highest BCUT2D eigenvalue weighted by Crippen LogP contribution is 2.29. The Bertz CT molecular complexity index is 825. The highest BCUT2D eigenvalue weighted by Gasteiger charge is 2.11. The van der Waals surface area contributed by atoms with Gasteiger partial charge in [-0.25, -0.2) is 0 Å². The molecule has 0 N–H and O–H groups in total. The highest BCUT2D eigenvalue weighted by atomic mass is 32.1. The normalized spacial score (nSPS) is 11.0. The van der Waals surface area contributed by atoms with E-state index in [2.05, 4.69) is 51.8 Å². The first-order valence-corrected chi connectivity index (χ1v) is 14.5. The van der Waals surface area contributed by atoms with Gasteiger partial charge in [-0.3, -0.25) is 0 Å². The molecule has 2 rings (SSSR count). The monoisotopic (exact) mass is 456 g/mol. The number of hydrogen-bond donors (Lipinski definition) is 0. The molecule has 31 heavy (non-hydrogen) atoms. The van der Waals surface area contributed by atoms with Crippen LogP contribution in [0.1, 0.15) is 128 Å². The molecule has 0 bridgehead atoms. The Morgan fingerprint density at radius 1 is 0.645 bits per heavy atom. The lowest BCUT2D eigenvalue weighted by Gasteiger charge is -2.03. The van der Waals surface area contributed by atoms with Crippen molar-refractivity contribution in [3.63, 3.8) is 0 Å². The van der Waals surface area contributed by atoms with Crippen LogP contribution in [-0.4, -0.2) is 0 Å². The maximum absolute atomic E-state index is 3.56. The molecule has 0 nitrogen and oxygen atoms in total. The van der Waals surface area contributed by atoms with Crippen LogP contribution in [0, 0.1) is 32.6 Å². The molecule has 2 aromatic rings. The minimum Gasteiger partial charge on any atom is -0.135 e. The first kappa shape index (κ1) is 26.2. The molecule has 2 heterocycles. The van der Waals surface area contributed by atoms with Crippen molar-refractivity contribution in [2.75, 3.05) is 0 Å². The first-order chi connectivity index (χ1) is 15.1. The van der Waals surface area contributed by atoms with E-state index in [-0.39, 0.29) is 0 Å². The van der Waals surface area contributed by atoms with Gasteiger partial charge < -0.3 is 0 Å². The molecule has 2 heteroatoms. The number of thiophene rings is 2. The molecule has 0 saturated carbocycles. The summed E-state index contributed by atoms with van der Waals surface area (Å²) in [7, 11) is 0. The topological polar surface area (TPSA) is 0 Å². The highest BCUT2D eigenvalue weighted by molar-refractivity contribution is 7.13. The smallest absolute Gasteiger partial charge is 0.0807 e. The van der Waals surface area contributed by atoms with Crippen molar-refractivity contribution in [3.8, 4) is 11.8 Å². The molecule has 0 unspecified atom stereocenters. The molecule has 0 aliphatic rings. The summed E-state index contributed by atoms with van der Waals surface area (Å²) in [6, 6.07) is 0. The van der Waals surface area contributed by atoms with E-state index in [1.165, 1.54) is 121 Å². The van der Waals surface area contributed by atoms with Gasteiger partial charge in [0.2, 0.25) is 0 Å². The third kappa shape index (κ3) is 8.78. The summed E-state index contributed by atoms with van der Waals surface area (Å²) in [6.07, 6.45) is 18.8. The molecule has 0 spiro atoms. The zero-order valence-electron chi connectivity index (χ0n) is 20.8. The van der Waals surface area contributed by atoms with Gasteiger partial charge in [0, 0.05) is 4.88 Å². The number of aryl methyl sites for hydroxylation is 2. The Labute approximate surface area is 200 Å². The van der Waals surface area contributed by atoms with E-state index in [9.17, 15) is 0 Å². The third-order valence-electron chi connectivity index (χ3n) is 6.43. The standard InChI is InChI=1S/C29H44S2/c1-6-8-10-12-14-16-18-26-23(3)22-30-29(26)21-20-28-24(4)27(25(5)31-28)19-17-15-13-11-9-7-2/h22H,6-19H2,1-5H3. The molecule has 172 valence electrons. The lowest BCUT2D eigenvalue weighted by Crippen LogP contribution is -1.90. The van der Waals surface area contributed by atoms with Gasteiger partial charge in [-0.15, -0.1) is 22.7 Å². The number of hydrogen-bond acceptors (Lipinski definition) is 2. The zero-order chi connectivity index (χ0) is 22.5. The summed E-state index contributed by atoms with van der Waals surface area (Å²) in [4.78, 5) is 4.06. The predicted octanol–water partition coefficient (Wildman–Crippen LogP) is 9.94. The van der Waals surface area contributed by atoms with Gasteiger partial charge >= 0.3 is 0 Å². The van der Waals surface area contributed by atoms with E-state index in [4.69, 9.17) is 0 Å². The summed E-state index contributed by atoms with van der Waals surface area (Å²) >= 11 is 3.74. The fourth-order valence-electron chi connectivity index (χ4n) is 4.34. The van der Waals surface area contributed by atoms with Gasteiger partial charge in [-0.1, -0.05) is 78.1 Å². The number of rotatable bonds is 14. The fraction of sp³-hybridized carbons (Fsp3) is 0.655. The minimum absolute atomic E-state index is 1.19. The van der Waals surface area contributed by atoms with Gasteiger partial charge in [-0.05, 0) is 85.9 Å². The summed E-state index contributed by atoms with van der Waals surface area (Å²) in [5.74, 6) is 7.12. The molecule has 2 aromatic heterocycles. The maximum Gasteiger partial charge on any atom is 0.0807 e. The third-order valence-corrected chi connectivity index (χ3v) is 8.65. The van der Waals surface area contributed by atoms with Gasteiger partial charge in [0.25, 0.3) is 0 Å². The van der Waals surface area contributed by atoms with E-state index in [1.807, 2.05) is 22.7 Å². The van der Waals surface area contributed by atoms with Crippen LogP contribution in [0.25, 0.3) is 0 Å². The second kappa shape index (κ2) is 14.9. The van der Waals surface area contributed by atoms with E-state index in [0.717, 1.165) is 0 Å². The van der Waals surface area contributed by atoms with Crippen LogP contribution < -0.4 is 0 Å². The molecule has 0 aromatic carbocycles. The van der Waals surface area contributed by atoms with E-state index in [0.29, 0.717) is 0 Å². The summed E-state index contributed by atoms with van der Waals surface area (Å²) in [5, 5.41) is 2.30. The summed E-state index contributed by atoms with van der Waals surface area (Å²) in [6.45, 7) is 11.4. The second-order valence-corrected chi connectivity index (χ2v) is 11.2. The Morgan fingerprint density at radius 2 is 1.16 bits per heavy atom. The van der Waals surface area contributed by atoms with Crippen LogP contribution in [0.2, 0.25) is 0 Å². The molecule has 0 atom stereocenters. The Morgan fingerprint density at radius 3 is 1.77 bits per heavy atom. The van der Waals surface area contributed by atoms with Crippen molar-refractivity contribution < 1.29 is 0 Å². The fourth-order valence-corrected chi connectivity index (χ4v) is 6.35. The van der Waals surface area contributed by atoms with Gasteiger partial charge in [0.15, 0.2) is 0 Å². The van der Waals surface area contributed by atoms with Crippen LogP contribution in [0.5, 0.6) is 0 Å². The zero-order valence-corrected chi connectivity index (χ0v) is 22.4. The van der Waals surface area contributed by atoms with E-state index >= 15 is 0 Å². The Kier molecular flexibility index (Phi) is 12.6. The molecule has 0 amide bonds. The van der Waals surface area contributed by atoms with Crippen molar-refractivity contribution in [1.82, 2.24) is 0 Å². The Hall–Kier alpha value is -1.04. The number of unbranched alkanes of at least 4 members (excludes halogenated alkanes) is 10. The SMILES string of the molecule is CCCCCCCCc1c(C)csc1C#Cc1sc(C)c(CCCCCCCC)c1C. The molecule has 0 saturated heterocycles. The first-order valence-electron chi connectivity index (χ1n) is 12.8. The molecule has 0 aliphatic carbocycles. The average Bonchev–Trinajstić information content (AvgIpc) is 3.24. The molecule has 0 aliphatic heterocycles. The van der Waals surface area contributed by atoms with Gasteiger partial charge in [0.1, 0.15) is 0 Å². The molecular weight excluding hydrogens is 412 g/mol. The van der Waals surface area contributed by atoms with Crippen molar-refractivity contribution in [3.05, 3.63) is 42.3 Å². The molecular formula is C29H44S2.